The summed E-state index contributed by atoms with van der Waals surface area (Å²) in [6.45, 7) is 6.77. The van der Waals surface area contributed by atoms with Crippen LogP contribution in [-0.4, -0.2) is 35.7 Å². The number of amides is 1. The summed E-state index contributed by atoms with van der Waals surface area (Å²) in [5.74, 6) is -0.509. The summed E-state index contributed by atoms with van der Waals surface area (Å²) in [6, 6.07) is 9.55. The van der Waals surface area contributed by atoms with E-state index in [1.54, 1.807) is 4.90 Å². The van der Waals surface area contributed by atoms with Crippen LogP contribution in [0.1, 0.15) is 39.2 Å². The molecule has 0 spiro atoms. The van der Waals surface area contributed by atoms with Gasteiger partial charge in [-0.2, -0.15) is 0 Å². The Kier molecular flexibility index (Phi) is 5.64. The Morgan fingerprint density at radius 2 is 1.91 bits per heavy atom. The van der Waals surface area contributed by atoms with Crippen molar-refractivity contribution < 1.29 is 19.1 Å². The average molecular weight is 319 g/mol. The number of carbonyl (C=O) groups is 2. The maximum absolute atomic E-state index is 12.2. The van der Waals surface area contributed by atoms with Gasteiger partial charge in [0.25, 0.3) is 0 Å². The zero-order chi connectivity index (χ0) is 16.9. The number of benzene rings is 1. The first-order chi connectivity index (χ1) is 10.8. The van der Waals surface area contributed by atoms with Crippen molar-refractivity contribution in [2.24, 2.45) is 5.92 Å². The van der Waals surface area contributed by atoms with Crippen molar-refractivity contribution in [1.82, 2.24) is 4.90 Å². The maximum atomic E-state index is 12.2. The number of hydrogen-bond acceptors (Lipinski definition) is 4. The van der Waals surface area contributed by atoms with Gasteiger partial charge >= 0.3 is 12.1 Å². The van der Waals surface area contributed by atoms with Crippen LogP contribution in [0.2, 0.25) is 0 Å². The lowest BCUT2D eigenvalue weighted by Crippen LogP contribution is -2.44. The fourth-order valence-corrected chi connectivity index (χ4v) is 2.53. The highest BCUT2D eigenvalue weighted by atomic mass is 16.6. The molecule has 23 heavy (non-hydrogen) atoms. The third-order valence-electron chi connectivity index (χ3n) is 3.62. The van der Waals surface area contributed by atoms with Gasteiger partial charge in [0.1, 0.15) is 12.2 Å². The minimum Gasteiger partial charge on any atom is -0.460 e. The topological polar surface area (TPSA) is 55.8 Å². The zero-order valence-corrected chi connectivity index (χ0v) is 14.1. The predicted octanol–water partition coefficient (Wildman–Crippen LogP) is 3.38. The summed E-state index contributed by atoms with van der Waals surface area (Å²) in [7, 11) is 0. The number of nitrogens with zero attached hydrogens (tertiary/aromatic N) is 1. The van der Waals surface area contributed by atoms with Gasteiger partial charge in [0.15, 0.2) is 0 Å². The molecule has 5 nitrogen and oxygen atoms in total. The lowest BCUT2D eigenvalue weighted by molar-refractivity contribution is -0.161. The van der Waals surface area contributed by atoms with Crippen molar-refractivity contribution in [2.75, 3.05) is 13.1 Å². The van der Waals surface area contributed by atoms with E-state index in [0.717, 1.165) is 18.4 Å². The molecule has 0 radical (unpaired) electrons. The Morgan fingerprint density at radius 3 is 2.57 bits per heavy atom. The summed E-state index contributed by atoms with van der Waals surface area (Å²) < 4.78 is 10.7. The number of carbonyl (C=O) groups excluding carboxylic acids is 2. The Labute approximate surface area is 137 Å². The molecule has 1 aromatic rings. The molecular weight excluding hydrogens is 294 g/mol. The molecular formula is C18H25NO4. The van der Waals surface area contributed by atoms with E-state index in [2.05, 4.69) is 0 Å². The fourth-order valence-electron chi connectivity index (χ4n) is 2.53. The molecule has 5 heteroatoms. The second-order valence-corrected chi connectivity index (χ2v) is 6.86. The van der Waals surface area contributed by atoms with E-state index in [4.69, 9.17) is 9.47 Å². The summed E-state index contributed by atoms with van der Waals surface area (Å²) in [6.07, 6.45) is 1.16. The van der Waals surface area contributed by atoms with Gasteiger partial charge < -0.3 is 14.4 Å². The molecule has 1 aromatic carbocycles. The Morgan fingerprint density at radius 1 is 1.22 bits per heavy atom. The molecule has 0 unspecified atom stereocenters. The van der Waals surface area contributed by atoms with Crippen molar-refractivity contribution in [3.8, 4) is 0 Å². The molecule has 126 valence electrons. The highest BCUT2D eigenvalue weighted by Gasteiger charge is 2.32. The van der Waals surface area contributed by atoms with Crippen molar-refractivity contribution in [1.29, 1.82) is 0 Å². The quantitative estimate of drug-likeness (QED) is 0.802. The number of piperidine rings is 1. The Balaban J connectivity index is 1.85. The molecule has 1 fully saturated rings. The van der Waals surface area contributed by atoms with Gasteiger partial charge in [0, 0.05) is 13.1 Å². The molecule has 1 saturated heterocycles. The van der Waals surface area contributed by atoms with Crippen LogP contribution in [0.5, 0.6) is 0 Å². The second kappa shape index (κ2) is 7.49. The Hall–Kier alpha value is -2.04. The minimum absolute atomic E-state index is 0.238. The van der Waals surface area contributed by atoms with E-state index < -0.39 is 5.60 Å². The average Bonchev–Trinajstić information content (AvgIpc) is 2.52. The lowest BCUT2D eigenvalue weighted by atomic mass is 9.98. The molecule has 0 N–H and O–H groups in total. The second-order valence-electron chi connectivity index (χ2n) is 6.86. The molecule has 1 aliphatic heterocycles. The van der Waals surface area contributed by atoms with Gasteiger partial charge in [-0.3, -0.25) is 4.79 Å². The van der Waals surface area contributed by atoms with Crippen LogP contribution >= 0.6 is 0 Å². The van der Waals surface area contributed by atoms with Crippen LogP contribution in [0, 0.1) is 5.92 Å². The highest BCUT2D eigenvalue weighted by molar-refractivity contribution is 5.75. The molecule has 0 aliphatic carbocycles. The molecule has 1 heterocycles. The largest absolute Gasteiger partial charge is 0.460 e. The monoisotopic (exact) mass is 319 g/mol. The maximum Gasteiger partial charge on any atom is 0.410 e. The summed E-state index contributed by atoms with van der Waals surface area (Å²) in [5, 5.41) is 0. The SMILES string of the molecule is CC(C)(C)OC(=O)[C@H]1CCCN(C(=O)OCc2ccccc2)C1. The highest BCUT2D eigenvalue weighted by Crippen LogP contribution is 2.21. The van der Waals surface area contributed by atoms with Gasteiger partial charge in [0.2, 0.25) is 0 Å². The number of hydrogen-bond donors (Lipinski definition) is 0. The molecule has 0 bridgehead atoms. The third kappa shape index (κ3) is 5.58. The van der Waals surface area contributed by atoms with E-state index in [1.165, 1.54) is 0 Å². The van der Waals surface area contributed by atoms with Gasteiger partial charge in [-0.1, -0.05) is 30.3 Å². The standard InChI is InChI=1S/C18H25NO4/c1-18(2,3)23-16(20)15-10-7-11-19(12-15)17(21)22-13-14-8-5-4-6-9-14/h4-6,8-9,15H,7,10-13H2,1-3H3/t15-/m0/s1. The summed E-state index contributed by atoms with van der Waals surface area (Å²) in [4.78, 5) is 25.9. The van der Waals surface area contributed by atoms with E-state index in [1.807, 2.05) is 51.1 Å². The van der Waals surface area contributed by atoms with Gasteiger partial charge in [-0.25, -0.2) is 4.79 Å². The van der Waals surface area contributed by atoms with E-state index >= 15 is 0 Å². The van der Waals surface area contributed by atoms with Crippen LogP contribution in [0.25, 0.3) is 0 Å². The van der Waals surface area contributed by atoms with E-state index in [0.29, 0.717) is 13.1 Å². The van der Waals surface area contributed by atoms with Crippen LogP contribution in [0.4, 0.5) is 4.79 Å². The third-order valence-corrected chi connectivity index (χ3v) is 3.62. The van der Waals surface area contributed by atoms with Gasteiger partial charge in [0.05, 0.1) is 5.92 Å². The molecule has 1 amide bonds. The van der Waals surface area contributed by atoms with Crippen LogP contribution in [0.15, 0.2) is 30.3 Å². The van der Waals surface area contributed by atoms with Crippen LogP contribution in [-0.2, 0) is 20.9 Å². The first-order valence-corrected chi connectivity index (χ1v) is 8.03. The fraction of sp³-hybridized carbons (Fsp3) is 0.556. The van der Waals surface area contributed by atoms with Crippen LogP contribution in [0.3, 0.4) is 0 Å². The van der Waals surface area contributed by atoms with Crippen molar-refractivity contribution >= 4 is 12.1 Å². The summed E-state index contributed by atoms with van der Waals surface area (Å²) >= 11 is 0. The van der Waals surface area contributed by atoms with Gasteiger partial charge in [-0.15, -0.1) is 0 Å². The molecule has 0 aromatic heterocycles. The number of ether oxygens (including phenoxy) is 2. The van der Waals surface area contributed by atoms with Crippen molar-refractivity contribution in [3.63, 3.8) is 0 Å². The minimum atomic E-state index is -0.507. The number of likely N-dealkylation sites (tertiary alicyclic amines) is 1. The summed E-state index contributed by atoms with van der Waals surface area (Å²) in [5.41, 5.74) is 0.439. The van der Waals surface area contributed by atoms with Crippen molar-refractivity contribution in [2.45, 2.75) is 45.8 Å². The normalized spacial score (nSPS) is 18.4. The predicted molar refractivity (Wildman–Crippen MR) is 86.8 cm³/mol. The molecule has 0 saturated carbocycles. The van der Waals surface area contributed by atoms with Crippen LogP contribution < -0.4 is 0 Å². The molecule has 1 aliphatic rings. The smallest absolute Gasteiger partial charge is 0.410 e. The molecule has 1 atom stereocenters. The Bertz CT molecular complexity index is 536. The first kappa shape index (κ1) is 17.3. The lowest BCUT2D eigenvalue weighted by Gasteiger charge is -2.32. The van der Waals surface area contributed by atoms with Gasteiger partial charge in [-0.05, 0) is 39.2 Å². The number of esters is 1. The first-order valence-electron chi connectivity index (χ1n) is 8.03. The van der Waals surface area contributed by atoms with Crippen molar-refractivity contribution in [3.05, 3.63) is 35.9 Å². The van der Waals surface area contributed by atoms with E-state index in [-0.39, 0.29) is 24.6 Å². The molecule has 2 rings (SSSR count). The zero-order valence-electron chi connectivity index (χ0n) is 14.1. The van der Waals surface area contributed by atoms with E-state index in [9.17, 15) is 9.59 Å². The number of rotatable bonds is 3.